The molecule has 0 atom stereocenters. The monoisotopic (exact) mass is 246 g/mol. The predicted octanol–water partition coefficient (Wildman–Crippen LogP) is 0.360. The SMILES string of the molecule is CNCCN(C)C(=O)Cc1cc(C)[nH]n1.Cl. The minimum absolute atomic E-state index is 0. The second-order valence-electron chi connectivity index (χ2n) is 3.64. The number of H-pyrrole nitrogens is 1. The van der Waals surface area contributed by atoms with E-state index in [2.05, 4.69) is 15.5 Å². The zero-order valence-corrected chi connectivity index (χ0v) is 10.7. The van der Waals surface area contributed by atoms with E-state index in [1.165, 1.54) is 0 Å². The molecule has 0 aliphatic rings. The molecule has 0 aromatic carbocycles. The molecule has 0 spiro atoms. The van der Waals surface area contributed by atoms with Crippen molar-refractivity contribution in [3.63, 3.8) is 0 Å². The van der Waals surface area contributed by atoms with Crippen LogP contribution in [0.1, 0.15) is 11.4 Å². The van der Waals surface area contributed by atoms with Crippen molar-refractivity contribution in [2.24, 2.45) is 0 Å². The summed E-state index contributed by atoms with van der Waals surface area (Å²) in [6, 6.07) is 1.89. The number of carbonyl (C=O) groups excluding carboxylic acids is 1. The van der Waals surface area contributed by atoms with Gasteiger partial charge in [0.1, 0.15) is 0 Å². The lowest BCUT2D eigenvalue weighted by Gasteiger charge is -2.15. The first-order chi connectivity index (χ1) is 7.13. The number of halogens is 1. The standard InChI is InChI=1S/C10H18N4O.ClH/c1-8-6-9(13-12-8)7-10(15)14(3)5-4-11-2;/h6,11H,4-5,7H2,1-3H3,(H,12,13);1H. The molecule has 1 rings (SSSR count). The molecule has 0 radical (unpaired) electrons. The first kappa shape index (κ1) is 14.9. The van der Waals surface area contributed by atoms with Crippen LogP contribution in [-0.2, 0) is 11.2 Å². The Hall–Kier alpha value is -1.07. The number of aryl methyl sites for hydroxylation is 1. The van der Waals surface area contributed by atoms with E-state index < -0.39 is 0 Å². The lowest BCUT2D eigenvalue weighted by atomic mass is 10.2. The maximum Gasteiger partial charge on any atom is 0.228 e. The molecule has 0 aliphatic heterocycles. The second kappa shape index (κ2) is 7.24. The number of nitrogens with one attached hydrogen (secondary N) is 2. The van der Waals surface area contributed by atoms with E-state index in [1.807, 2.05) is 20.0 Å². The fraction of sp³-hybridized carbons (Fsp3) is 0.600. The molecule has 16 heavy (non-hydrogen) atoms. The van der Waals surface area contributed by atoms with Gasteiger partial charge in [0.25, 0.3) is 0 Å². The highest BCUT2D eigenvalue weighted by molar-refractivity contribution is 5.85. The summed E-state index contributed by atoms with van der Waals surface area (Å²) in [7, 11) is 3.68. The highest BCUT2D eigenvalue weighted by atomic mass is 35.5. The van der Waals surface area contributed by atoms with Gasteiger partial charge in [-0.1, -0.05) is 0 Å². The summed E-state index contributed by atoms with van der Waals surface area (Å²) in [4.78, 5) is 13.4. The summed E-state index contributed by atoms with van der Waals surface area (Å²) in [5, 5.41) is 9.86. The van der Waals surface area contributed by atoms with Crippen LogP contribution < -0.4 is 5.32 Å². The van der Waals surface area contributed by atoms with Crippen LogP contribution in [0.3, 0.4) is 0 Å². The molecule has 6 heteroatoms. The molecule has 1 aromatic heterocycles. The van der Waals surface area contributed by atoms with Gasteiger partial charge in [0, 0.05) is 25.8 Å². The van der Waals surface area contributed by atoms with Crippen molar-refractivity contribution in [1.82, 2.24) is 20.4 Å². The summed E-state index contributed by atoms with van der Waals surface area (Å²) < 4.78 is 0. The summed E-state index contributed by atoms with van der Waals surface area (Å²) in [5.41, 5.74) is 1.78. The van der Waals surface area contributed by atoms with Gasteiger partial charge in [-0.25, -0.2) is 0 Å². The van der Waals surface area contributed by atoms with Crippen molar-refractivity contribution in [3.8, 4) is 0 Å². The molecular weight excluding hydrogens is 228 g/mol. The van der Waals surface area contributed by atoms with Gasteiger partial charge in [0.15, 0.2) is 0 Å². The molecule has 5 nitrogen and oxygen atoms in total. The van der Waals surface area contributed by atoms with E-state index in [0.717, 1.165) is 24.5 Å². The first-order valence-electron chi connectivity index (χ1n) is 5.03. The Kier molecular flexibility index (Phi) is 6.76. The van der Waals surface area contributed by atoms with Crippen LogP contribution in [0, 0.1) is 6.92 Å². The summed E-state index contributed by atoms with van der Waals surface area (Å²) in [5.74, 6) is 0.0942. The third-order valence-electron chi connectivity index (χ3n) is 2.21. The van der Waals surface area contributed by atoms with Gasteiger partial charge >= 0.3 is 0 Å². The van der Waals surface area contributed by atoms with Crippen LogP contribution in [0.4, 0.5) is 0 Å². The van der Waals surface area contributed by atoms with Crippen LogP contribution in [0.25, 0.3) is 0 Å². The zero-order chi connectivity index (χ0) is 11.3. The number of hydrogen-bond donors (Lipinski definition) is 2. The topological polar surface area (TPSA) is 61.0 Å². The van der Waals surface area contributed by atoms with Crippen molar-refractivity contribution in [2.45, 2.75) is 13.3 Å². The summed E-state index contributed by atoms with van der Waals surface area (Å²) >= 11 is 0. The van der Waals surface area contributed by atoms with E-state index in [-0.39, 0.29) is 18.3 Å². The summed E-state index contributed by atoms with van der Waals surface area (Å²) in [6.45, 7) is 3.45. The molecule has 0 saturated heterocycles. The molecule has 0 saturated carbocycles. The molecular formula is C10H19ClN4O. The minimum Gasteiger partial charge on any atom is -0.344 e. The third kappa shape index (κ3) is 4.63. The number of amides is 1. The van der Waals surface area contributed by atoms with Crippen molar-refractivity contribution in [1.29, 1.82) is 0 Å². The average Bonchev–Trinajstić information content (AvgIpc) is 2.60. The molecule has 0 bridgehead atoms. The Balaban J connectivity index is 0.00000225. The largest absolute Gasteiger partial charge is 0.344 e. The van der Waals surface area contributed by atoms with Crippen molar-refractivity contribution in [3.05, 3.63) is 17.5 Å². The lowest BCUT2D eigenvalue weighted by Crippen LogP contribution is -2.33. The number of aromatic amines is 1. The van der Waals surface area contributed by atoms with E-state index >= 15 is 0 Å². The fourth-order valence-corrected chi connectivity index (χ4v) is 1.26. The van der Waals surface area contributed by atoms with Gasteiger partial charge in [-0.2, -0.15) is 5.10 Å². The Morgan fingerprint density at radius 1 is 1.62 bits per heavy atom. The van der Waals surface area contributed by atoms with Gasteiger partial charge in [-0.3, -0.25) is 9.89 Å². The van der Waals surface area contributed by atoms with Gasteiger partial charge in [-0.15, -0.1) is 12.4 Å². The molecule has 2 N–H and O–H groups in total. The summed E-state index contributed by atoms with van der Waals surface area (Å²) in [6.07, 6.45) is 0.366. The highest BCUT2D eigenvalue weighted by Gasteiger charge is 2.10. The number of likely N-dealkylation sites (N-methyl/N-ethyl adjacent to an activating group) is 2. The highest BCUT2D eigenvalue weighted by Crippen LogP contribution is 2.00. The Labute approximate surface area is 102 Å². The number of aromatic nitrogens is 2. The third-order valence-corrected chi connectivity index (χ3v) is 2.21. The Morgan fingerprint density at radius 2 is 2.31 bits per heavy atom. The van der Waals surface area contributed by atoms with E-state index in [1.54, 1.807) is 11.9 Å². The molecule has 1 amide bonds. The van der Waals surface area contributed by atoms with Gasteiger partial charge in [-0.05, 0) is 20.0 Å². The normalized spacial score (nSPS) is 9.69. The van der Waals surface area contributed by atoms with Crippen LogP contribution in [-0.4, -0.2) is 48.2 Å². The van der Waals surface area contributed by atoms with Crippen molar-refractivity contribution in [2.75, 3.05) is 27.2 Å². The average molecular weight is 247 g/mol. The first-order valence-corrected chi connectivity index (χ1v) is 5.03. The molecule has 92 valence electrons. The number of nitrogens with zero attached hydrogens (tertiary/aromatic N) is 2. The van der Waals surface area contributed by atoms with Gasteiger partial charge in [0.2, 0.25) is 5.91 Å². The molecule has 0 unspecified atom stereocenters. The Morgan fingerprint density at radius 3 is 2.81 bits per heavy atom. The quantitative estimate of drug-likeness (QED) is 0.789. The van der Waals surface area contributed by atoms with Crippen LogP contribution in [0.2, 0.25) is 0 Å². The van der Waals surface area contributed by atoms with Crippen LogP contribution in [0.15, 0.2) is 6.07 Å². The molecule has 0 fully saturated rings. The Bertz CT molecular complexity index is 326. The number of rotatable bonds is 5. The predicted molar refractivity (Wildman–Crippen MR) is 65.8 cm³/mol. The minimum atomic E-state index is 0. The molecule has 1 aromatic rings. The zero-order valence-electron chi connectivity index (χ0n) is 9.91. The smallest absolute Gasteiger partial charge is 0.228 e. The lowest BCUT2D eigenvalue weighted by molar-refractivity contribution is -0.129. The van der Waals surface area contributed by atoms with Crippen LogP contribution in [0.5, 0.6) is 0 Å². The number of hydrogen-bond acceptors (Lipinski definition) is 3. The molecule has 0 aliphatic carbocycles. The van der Waals surface area contributed by atoms with Gasteiger partial charge < -0.3 is 10.2 Å². The van der Waals surface area contributed by atoms with Gasteiger partial charge in [0.05, 0.1) is 12.1 Å². The maximum absolute atomic E-state index is 11.7. The fourth-order valence-electron chi connectivity index (χ4n) is 1.26. The molecule has 1 heterocycles. The van der Waals surface area contributed by atoms with E-state index in [9.17, 15) is 4.79 Å². The number of carbonyl (C=O) groups is 1. The van der Waals surface area contributed by atoms with E-state index in [4.69, 9.17) is 0 Å². The van der Waals surface area contributed by atoms with Crippen molar-refractivity contribution >= 4 is 18.3 Å². The van der Waals surface area contributed by atoms with E-state index in [0.29, 0.717) is 6.42 Å². The van der Waals surface area contributed by atoms with Crippen LogP contribution >= 0.6 is 12.4 Å². The maximum atomic E-state index is 11.7. The van der Waals surface area contributed by atoms with Crippen molar-refractivity contribution < 1.29 is 4.79 Å². The second-order valence-corrected chi connectivity index (χ2v) is 3.64.